The van der Waals surface area contributed by atoms with Gasteiger partial charge in [0.2, 0.25) is 5.91 Å². The molecule has 8 nitrogen and oxygen atoms in total. The molecule has 2 aromatic rings. The van der Waals surface area contributed by atoms with Gasteiger partial charge in [0.05, 0.1) is 24.6 Å². The zero-order valence-electron chi connectivity index (χ0n) is 16.8. The highest BCUT2D eigenvalue weighted by molar-refractivity contribution is 5.94. The average Bonchev–Trinajstić information content (AvgIpc) is 2.69. The second-order valence-electron chi connectivity index (χ2n) is 7.23. The predicted molar refractivity (Wildman–Crippen MR) is 111 cm³/mol. The number of piperazine rings is 1. The van der Waals surface area contributed by atoms with Gasteiger partial charge in [-0.25, -0.2) is 0 Å². The number of rotatable bonds is 7. The van der Waals surface area contributed by atoms with Crippen molar-refractivity contribution < 1.29 is 14.5 Å². The minimum absolute atomic E-state index is 0.180. The first-order chi connectivity index (χ1) is 13.9. The third-order valence-corrected chi connectivity index (χ3v) is 5.00. The Labute approximate surface area is 170 Å². The second-order valence-corrected chi connectivity index (χ2v) is 7.23. The molecule has 1 aliphatic heterocycles. The molecule has 1 heterocycles. The van der Waals surface area contributed by atoms with Crippen molar-refractivity contribution in [2.45, 2.75) is 13.5 Å². The molecule has 0 bridgehead atoms. The Morgan fingerprint density at radius 2 is 1.86 bits per heavy atom. The molecule has 8 heteroatoms. The smallest absolute Gasteiger partial charge is 0.296 e. The van der Waals surface area contributed by atoms with Crippen molar-refractivity contribution in [3.63, 3.8) is 0 Å². The first-order valence-electron chi connectivity index (χ1n) is 9.57. The minimum Gasteiger partial charge on any atom is -0.496 e. The number of hydrogen-bond donors (Lipinski definition) is 1. The van der Waals surface area contributed by atoms with Gasteiger partial charge in [-0.15, -0.1) is 0 Å². The Hall–Kier alpha value is -2.97. The van der Waals surface area contributed by atoms with E-state index in [2.05, 4.69) is 46.3 Å². The van der Waals surface area contributed by atoms with Crippen LogP contribution in [0.15, 0.2) is 42.5 Å². The molecule has 29 heavy (non-hydrogen) atoms. The SMILES string of the molecule is COc1ccc(NC(=O)CN2CCN(Cc3cccc(C)c3)CC2)c([N+](=O)[O-])c1. The van der Waals surface area contributed by atoms with Crippen molar-refractivity contribution in [2.75, 3.05) is 45.2 Å². The van der Waals surface area contributed by atoms with Crippen LogP contribution in [0, 0.1) is 17.0 Å². The van der Waals surface area contributed by atoms with Crippen molar-refractivity contribution in [2.24, 2.45) is 0 Å². The van der Waals surface area contributed by atoms with Crippen molar-refractivity contribution in [1.82, 2.24) is 9.80 Å². The number of amides is 1. The maximum absolute atomic E-state index is 12.4. The number of carbonyl (C=O) groups excluding carboxylic acids is 1. The molecule has 1 saturated heterocycles. The van der Waals surface area contributed by atoms with Gasteiger partial charge in [0, 0.05) is 32.7 Å². The number of carbonyl (C=O) groups is 1. The van der Waals surface area contributed by atoms with Crippen LogP contribution in [-0.4, -0.2) is 60.5 Å². The molecule has 2 aromatic carbocycles. The van der Waals surface area contributed by atoms with E-state index in [0.29, 0.717) is 5.75 Å². The molecule has 0 unspecified atom stereocenters. The molecule has 0 radical (unpaired) electrons. The lowest BCUT2D eigenvalue weighted by Gasteiger charge is -2.34. The van der Waals surface area contributed by atoms with E-state index in [9.17, 15) is 14.9 Å². The van der Waals surface area contributed by atoms with Gasteiger partial charge in [0.25, 0.3) is 5.69 Å². The van der Waals surface area contributed by atoms with Crippen LogP contribution in [-0.2, 0) is 11.3 Å². The molecule has 154 valence electrons. The van der Waals surface area contributed by atoms with Gasteiger partial charge in [0.1, 0.15) is 11.4 Å². The Morgan fingerprint density at radius 1 is 1.14 bits per heavy atom. The maximum atomic E-state index is 12.4. The number of anilines is 1. The molecule has 1 amide bonds. The summed E-state index contributed by atoms with van der Waals surface area (Å²) in [6.45, 7) is 6.52. The summed E-state index contributed by atoms with van der Waals surface area (Å²) < 4.78 is 5.02. The number of hydrogen-bond acceptors (Lipinski definition) is 6. The van der Waals surface area contributed by atoms with Gasteiger partial charge >= 0.3 is 0 Å². The Bertz CT molecular complexity index is 879. The number of nitro benzene ring substituents is 1. The lowest BCUT2D eigenvalue weighted by molar-refractivity contribution is -0.384. The number of nitro groups is 1. The Balaban J connectivity index is 1.50. The molecule has 1 fully saturated rings. The number of nitrogens with zero attached hydrogens (tertiary/aromatic N) is 3. The van der Waals surface area contributed by atoms with Gasteiger partial charge in [-0.1, -0.05) is 29.8 Å². The van der Waals surface area contributed by atoms with E-state index in [1.807, 2.05) is 0 Å². The highest BCUT2D eigenvalue weighted by Crippen LogP contribution is 2.28. The molecule has 0 spiro atoms. The summed E-state index contributed by atoms with van der Waals surface area (Å²) in [6, 6.07) is 12.9. The number of nitrogens with one attached hydrogen (secondary N) is 1. The average molecular weight is 398 g/mol. The first-order valence-corrected chi connectivity index (χ1v) is 9.57. The molecule has 0 aliphatic carbocycles. The lowest BCUT2D eigenvalue weighted by Crippen LogP contribution is -2.48. The van der Waals surface area contributed by atoms with E-state index in [4.69, 9.17) is 4.74 Å². The molecular formula is C21H26N4O4. The van der Waals surface area contributed by atoms with Crippen LogP contribution in [0.2, 0.25) is 0 Å². The van der Waals surface area contributed by atoms with Crippen molar-refractivity contribution in [1.29, 1.82) is 0 Å². The second kappa shape index (κ2) is 9.49. The Kier molecular flexibility index (Phi) is 6.79. The van der Waals surface area contributed by atoms with Crippen LogP contribution in [0.4, 0.5) is 11.4 Å². The van der Waals surface area contributed by atoms with Gasteiger partial charge in [0.15, 0.2) is 0 Å². The van der Waals surface area contributed by atoms with Gasteiger partial charge in [-0.05, 0) is 24.6 Å². The van der Waals surface area contributed by atoms with Crippen LogP contribution in [0.5, 0.6) is 5.75 Å². The third-order valence-electron chi connectivity index (χ3n) is 5.00. The quantitative estimate of drug-likeness (QED) is 0.570. The monoisotopic (exact) mass is 398 g/mol. The summed E-state index contributed by atoms with van der Waals surface area (Å²) >= 11 is 0. The predicted octanol–water partition coefficient (Wildman–Crippen LogP) is 2.67. The molecule has 0 saturated carbocycles. The maximum Gasteiger partial charge on any atom is 0.296 e. The molecule has 3 rings (SSSR count). The van der Waals surface area contributed by atoms with Crippen molar-refractivity contribution >= 4 is 17.3 Å². The third kappa shape index (κ3) is 5.75. The fraction of sp³-hybridized carbons (Fsp3) is 0.381. The first kappa shape index (κ1) is 20.8. The number of aryl methyl sites for hydroxylation is 1. The van der Waals surface area contributed by atoms with Crippen LogP contribution < -0.4 is 10.1 Å². The zero-order valence-corrected chi connectivity index (χ0v) is 16.8. The number of methoxy groups -OCH3 is 1. The summed E-state index contributed by atoms with van der Waals surface area (Å²) in [5.41, 5.74) is 2.55. The summed E-state index contributed by atoms with van der Waals surface area (Å²) in [4.78, 5) is 27.6. The van der Waals surface area contributed by atoms with Crippen molar-refractivity contribution in [3.8, 4) is 5.75 Å². The standard InChI is InChI=1S/C21H26N4O4/c1-16-4-3-5-17(12-16)14-23-8-10-24(11-9-23)15-21(26)22-19-7-6-18(29-2)13-20(19)25(27)28/h3-7,12-13H,8-11,14-15H2,1-2H3,(H,22,26). The molecule has 1 N–H and O–H groups in total. The van der Waals surface area contributed by atoms with E-state index in [1.54, 1.807) is 6.07 Å². The Morgan fingerprint density at radius 3 is 2.52 bits per heavy atom. The summed E-state index contributed by atoms with van der Waals surface area (Å²) in [5, 5.41) is 13.9. The van der Waals surface area contributed by atoms with Crippen LogP contribution in [0.3, 0.4) is 0 Å². The van der Waals surface area contributed by atoms with Gasteiger partial charge in [-0.2, -0.15) is 0 Å². The van der Waals surface area contributed by atoms with Crippen LogP contribution in [0.25, 0.3) is 0 Å². The lowest BCUT2D eigenvalue weighted by atomic mass is 10.1. The van der Waals surface area contributed by atoms with Crippen molar-refractivity contribution in [3.05, 3.63) is 63.7 Å². The normalized spacial score (nSPS) is 15.1. The van der Waals surface area contributed by atoms with E-state index in [0.717, 1.165) is 32.7 Å². The molecule has 0 atom stereocenters. The van der Waals surface area contributed by atoms with E-state index in [-0.39, 0.29) is 23.8 Å². The largest absolute Gasteiger partial charge is 0.496 e. The summed E-state index contributed by atoms with van der Waals surface area (Å²) in [6.07, 6.45) is 0. The number of ether oxygens (including phenoxy) is 1. The summed E-state index contributed by atoms with van der Waals surface area (Å²) in [7, 11) is 1.44. The van der Waals surface area contributed by atoms with Crippen LogP contribution in [0.1, 0.15) is 11.1 Å². The topological polar surface area (TPSA) is 88.0 Å². The van der Waals surface area contributed by atoms with E-state index in [1.165, 1.54) is 30.4 Å². The van der Waals surface area contributed by atoms with Crippen LogP contribution >= 0.6 is 0 Å². The van der Waals surface area contributed by atoms with E-state index < -0.39 is 4.92 Å². The van der Waals surface area contributed by atoms with E-state index >= 15 is 0 Å². The molecule has 0 aromatic heterocycles. The number of benzene rings is 2. The van der Waals surface area contributed by atoms with Gasteiger partial charge < -0.3 is 10.1 Å². The highest BCUT2D eigenvalue weighted by Gasteiger charge is 2.21. The minimum atomic E-state index is -0.526. The fourth-order valence-corrected chi connectivity index (χ4v) is 3.46. The van der Waals surface area contributed by atoms with Gasteiger partial charge in [-0.3, -0.25) is 24.7 Å². The fourth-order valence-electron chi connectivity index (χ4n) is 3.46. The molecule has 1 aliphatic rings. The summed E-state index contributed by atoms with van der Waals surface area (Å²) in [5.74, 6) is 0.116. The highest BCUT2D eigenvalue weighted by atomic mass is 16.6. The molecular weight excluding hydrogens is 372 g/mol. The zero-order chi connectivity index (χ0) is 20.8.